The number of amides is 3. The number of aliphatic hydroxyl groups excluding tert-OH is 1. The zero-order chi connectivity index (χ0) is 37.9. The third kappa shape index (κ3) is 9.24. The fraction of sp³-hybridized carbons (Fsp3) is 0.889. The van der Waals surface area contributed by atoms with Crippen LogP contribution < -0.4 is 10.6 Å². The summed E-state index contributed by atoms with van der Waals surface area (Å²) in [5.74, 6) is 2.99. The summed E-state index contributed by atoms with van der Waals surface area (Å²) in [7, 11) is 0. The molecule has 5 aliphatic heterocycles. The average molecular weight is 763 g/mol. The fourth-order valence-electron chi connectivity index (χ4n) is 13.0. The number of imide groups is 1. The van der Waals surface area contributed by atoms with Crippen LogP contribution >= 0.6 is 0 Å². The van der Waals surface area contributed by atoms with E-state index in [9.17, 15) is 19.5 Å². The molecule has 8 rings (SSSR count). The number of carbonyl (C=O) groups excluding carboxylic acids is 3. The minimum Gasteiger partial charge on any atom is -0.393 e. The second kappa shape index (κ2) is 18.4. The maximum Gasteiger partial charge on any atom is 0.249 e. The van der Waals surface area contributed by atoms with E-state index in [1.54, 1.807) is 4.90 Å². The third-order valence-electron chi connectivity index (χ3n) is 16.3. The van der Waals surface area contributed by atoms with Crippen molar-refractivity contribution in [2.75, 3.05) is 58.9 Å². The van der Waals surface area contributed by atoms with E-state index < -0.39 is 6.04 Å². The molecule has 0 spiro atoms. The summed E-state index contributed by atoms with van der Waals surface area (Å²) in [6, 6.07) is 0.292. The first-order valence-corrected chi connectivity index (χ1v) is 23.3. The largest absolute Gasteiger partial charge is 0.393 e. The van der Waals surface area contributed by atoms with Crippen molar-refractivity contribution >= 4 is 17.7 Å². The van der Waals surface area contributed by atoms with E-state index in [1.807, 2.05) is 11.1 Å². The van der Waals surface area contributed by atoms with Gasteiger partial charge in [-0.3, -0.25) is 24.6 Å². The lowest BCUT2D eigenvalue weighted by molar-refractivity contribution is -0.144. The lowest BCUT2D eigenvalue weighted by Crippen LogP contribution is -2.58. The molecule has 3 N–H and O–H groups in total. The summed E-state index contributed by atoms with van der Waals surface area (Å²) in [5, 5.41) is 16.5. The lowest BCUT2D eigenvalue weighted by atomic mass is 9.67. The zero-order valence-electron chi connectivity index (χ0n) is 34.2. The molecule has 10 nitrogen and oxygen atoms in total. The number of nitrogens with zero attached hydrogens (tertiary/aromatic N) is 4. The molecule has 0 aromatic rings. The van der Waals surface area contributed by atoms with Gasteiger partial charge in [-0.2, -0.15) is 0 Å². The molecule has 308 valence electrons. The highest BCUT2D eigenvalue weighted by molar-refractivity contribution is 6.02. The fourth-order valence-corrected chi connectivity index (χ4v) is 13.0. The molecule has 0 aromatic carbocycles. The molecular formula is C45H74N6O4. The van der Waals surface area contributed by atoms with E-state index in [0.29, 0.717) is 32.1 Å². The highest BCUT2D eigenvalue weighted by Gasteiger charge is 2.49. The number of carbonyl (C=O) groups is 3. The van der Waals surface area contributed by atoms with Gasteiger partial charge in [0.25, 0.3) is 0 Å². The Morgan fingerprint density at radius 2 is 1.44 bits per heavy atom. The van der Waals surface area contributed by atoms with Crippen LogP contribution in [-0.2, 0) is 14.4 Å². The van der Waals surface area contributed by atoms with Crippen LogP contribution in [0.4, 0.5) is 0 Å². The SMILES string of the molecule is CC/C(=C(\C1CCC(O)CC1)C1CCC(N2CCC(CCN3CCN(C4CC5CN(C6CCC(=O)NC6=O)C(=O)C5CN4)CC3)CC2)CC1)C1CCCCC1. The van der Waals surface area contributed by atoms with Gasteiger partial charge in [0.2, 0.25) is 17.7 Å². The van der Waals surface area contributed by atoms with Crippen molar-refractivity contribution in [3.8, 4) is 0 Å². The van der Waals surface area contributed by atoms with Crippen molar-refractivity contribution in [3.05, 3.63) is 11.1 Å². The Bertz CT molecular complexity index is 1350. The average Bonchev–Trinajstić information content (AvgIpc) is 3.55. The van der Waals surface area contributed by atoms with Crippen LogP contribution in [0.5, 0.6) is 0 Å². The number of piperidine rings is 3. The van der Waals surface area contributed by atoms with Gasteiger partial charge in [0.15, 0.2) is 0 Å². The van der Waals surface area contributed by atoms with Gasteiger partial charge >= 0.3 is 0 Å². The summed E-state index contributed by atoms with van der Waals surface area (Å²) in [6.45, 7) is 11.9. The molecule has 0 bridgehead atoms. The van der Waals surface area contributed by atoms with Crippen LogP contribution in [0.3, 0.4) is 0 Å². The monoisotopic (exact) mass is 763 g/mol. The first-order chi connectivity index (χ1) is 26.8. The summed E-state index contributed by atoms with van der Waals surface area (Å²) in [5.41, 5.74) is 3.78. The summed E-state index contributed by atoms with van der Waals surface area (Å²) >= 11 is 0. The predicted octanol–water partition coefficient (Wildman–Crippen LogP) is 5.30. The molecule has 5 heterocycles. The van der Waals surface area contributed by atoms with Crippen molar-refractivity contribution in [2.45, 2.75) is 160 Å². The topological polar surface area (TPSA) is 108 Å². The third-order valence-corrected chi connectivity index (χ3v) is 16.3. The highest BCUT2D eigenvalue weighted by Crippen LogP contribution is 2.46. The number of nitrogens with one attached hydrogen (secondary N) is 2. The molecule has 8 aliphatic rings. The first-order valence-electron chi connectivity index (χ1n) is 23.3. The molecule has 3 aliphatic carbocycles. The van der Waals surface area contributed by atoms with E-state index in [2.05, 4.69) is 32.3 Å². The number of hydrogen-bond donors (Lipinski definition) is 3. The van der Waals surface area contributed by atoms with Gasteiger partial charge in [0.05, 0.1) is 18.2 Å². The van der Waals surface area contributed by atoms with E-state index in [4.69, 9.17) is 0 Å². The zero-order valence-corrected chi connectivity index (χ0v) is 34.2. The van der Waals surface area contributed by atoms with Gasteiger partial charge in [-0.15, -0.1) is 0 Å². The number of allylic oxidation sites excluding steroid dienone is 2. The molecule has 10 heteroatoms. The van der Waals surface area contributed by atoms with Crippen LogP contribution in [0.1, 0.15) is 135 Å². The number of fused-ring (bicyclic) bond motifs is 1. The van der Waals surface area contributed by atoms with Gasteiger partial charge < -0.3 is 25.1 Å². The van der Waals surface area contributed by atoms with Gasteiger partial charge in [0.1, 0.15) is 6.04 Å². The molecular weight excluding hydrogens is 689 g/mol. The molecule has 5 saturated heterocycles. The quantitative estimate of drug-likeness (QED) is 0.204. The molecule has 0 radical (unpaired) electrons. The number of rotatable bonds is 10. The normalized spacial score (nSPS) is 37.5. The highest BCUT2D eigenvalue weighted by atomic mass is 16.3. The van der Waals surface area contributed by atoms with Crippen molar-refractivity contribution in [2.24, 2.45) is 35.5 Å². The van der Waals surface area contributed by atoms with Crippen molar-refractivity contribution in [1.82, 2.24) is 30.2 Å². The minimum absolute atomic E-state index is 0.0535. The lowest BCUT2D eigenvalue weighted by Gasteiger charge is -2.44. The Morgan fingerprint density at radius 1 is 0.745 bits per heavy atom. The molecule has 0 aromatic heterocycles. The second-order valence-corrected chi connectivity index (χ2v) is 19.3. The Hall–Kier alpha value is -1.85. The van der Waals surface area contributed by atoms with E-state index in [-0.39, 0.29) is 35.7 Å². The first kappa shape index (κ1) is 40.0. The van der Waals surface area contributed by atoms with Crippen LogP contribution in [0.15, 0.2) is 11.1 Å². The van der Waals surface area contributed by atoms with Crippen LogP contribution in [0.25, 0.3) is 0 Å². The number of hydrogen-bond acceptors (Lipinski definition) is 8. The van der Waals surface area contributed by atoms with Crippen LogP contribution in [0.2, 0.25) is 0 Å². The van der Waals surface area contributed by atoms with E-state index in [1.165, 1.54) is 116 Å². The minimum atomic E-state index is -0.491. The van der Waals surface area contributed by atoms with Crippen molar-refractivity contribution in [3.63, 3.8) is 0 Å². The van der Waals surface area contributed by atoms with E-state index >= 15 is 0 Å². The standard InChI is InChI=1S/C45H74N6O4/c1-2-38(32-6-4-3-5-7-32)43(34-10-14-37(52)15-11-34)33-8-12-36(13-9-33)49-22-19-31(20-23-49)18-21-48-24-26-50(27-25-48)41-28-35-30-51(45(55)39(35)29-46-41)40-16-17-42(53)47-44(40)54/h31-37,39-41,46,52H,2-30H2,1H3,(H,47,53,54)/b43-38+. The number of likely N-dealkylation sites (tertiary alicyclic amines) is 2. The van der Waals surface area contributed by atoms with Gasteiger partial charge in [0, 0.05) is 51.7 Å². The van der Waals surface area contributed by atoms with Crippen LogP contribution in [-0.4, -0.2) is 126 Å². The van der Waals surface area contributed by atoms with Gasteiger partial charge in [-0.1, -0.05) is 37.3 Å². The van der Waals surface area contributed by atoms with Crippen molar-refractivity contribution in [1.29, 1.82) is 0 Å². The summed E-state index contributed by atoms with van der Waals surface area (Å²) in [4.78, 5) is 47.3. The number of aliphatic hydroxyl groups is 1. The molecule has 3 amide bonds. The molecule has 55 heavy (non-hydrogen) atoms. The maximum absolute atomic E-state index is 13.3. The van der Waals surface area contributed by atoms with E-state index in [0.717, 1.165) is 75.2 Å². The molecule has 4 unspecified atom stereocenters. The Morgan fingerprint density at radius 3 is 2.11 bits per heavy atom. The summed E-state index contributed by atoms with van der Waals surface area (Å²) < 4.78 is 0. The molecule has 8 fully saturated rings. The van der Waals surface area contributed by atoms with Gasteiger partial charge in [-0.05, 0) is 152 Å². The predicted molar refractivity (Wildman–Crippen MR) is 216 cm³/mol. The Labute approximate surface area is 331 Å². The second-order valence-electron chi connectivity index (χ2n) is 19.3. The smallest absolute Gasteiger partial charge is 0.249 e. The molecule has 4 atom stereocenters. The Balaban J connectivity index is 0.748. The van der Waals surface area contributed by atoms with Crippen LogP contribution in [0, 0.1) is 35.5 Å². The van der Waals surface area contributed by atoms with Gasteiger partial charge in [-0.25, -0.2) is 0 Å². The van der Waals surface area contributed by atoms with Crippen molar-refractivity contribution < 1.29 is 19.5 Å². The molecule has 3 saturated carbocycles. The summed E-state index contributed by atoms with van der Waals surface area (Å²) in [6.07, 6.45) is 24.3. The Kier molecular flexibility index (Phi) is 13.4. The number of piperazine rings is 1. The maximum atomic E-state index is 13.3.